The summed E-state index contributed by atoms with van der Waals surface area (Å²) in [5, 5.41) is 0. The first-order valence-corrected chi connectivity index (χ1v) is 12.7. The first-order valence-electron chi connectivity index (χ1n) is 12.7. The lowest BCUT2D eigenvalue weighted by molar-refractivity contribution is -0.147. The highest BCUT2D eigenvalue weighted by atomic mass is 16.5. The molecular weight excluding hydrogens is 356 g/mol. The van der Waals surface area contributed by atoms with Crippen LogP contribution >= 0.6 is 0 Å². The van der Waals surface area contributed by atoms with Gasteiger partial charge in [0.15, 0.2) is 0 Å². The van der Waals surface area contributed by atoms with Gasteiger partial charge in [0.2, 0.25) is 0 Å². The molecular formula is C27H44O2. The summed E-state index contributed by atoms with van der Waals surface area (Å²) < 4.78 is 5.56. The van der Waals surface area contributed by atoms with Crippen molar-refractivity contribution < 1.29 is 9.53 Å². The summed E-state index contributed by atoms with van der Waals surface area (Å²) in [6.45, 7) is 8.95. The van der Waals surface area contributed by atoms with E-state index in [1.807, 2.05) is 0 Å². The van der Waals surface area contributed by atoms with Gasteiger partial charge in [-0.25, -0.2) is 0 Å². The minimum atomic E-state index is -0.110. The van der Waals surface area contributed by atoms with Gasteiger partial charge in [-0.3, -0.25) is 4.79 Å². The molecule has 164 valence electrons. The van der Waals surface area contributed by atoms with Gasteiger partial charge < -0.3 is 4.74 Å². The molecule has 4 aliphatic rings. The molecule has 2 nitrogen and oxygen atoms in total. The zero-order chi connectivity index (χ0) is 20.6. The van der Waals surface area contributed by atoms with Gasteiger partial charge in [0.1, 0.15) is 6.10 Å². The van der Waals surface area contributed by atoms with Gasteiger partial charge in [0, 0.05) is 13.3 Å². The van der Waals surface area contributed by atoms with Crippen LogP contribution in [0.2, 0.25) is 0 Å². The van der Waals surface area contributed by atoms with Crippen LogP contribution in [0.15, 0.2) is 11.6 Å². The van der Waals surface area contributed by atoms with E-state index in [2.05, 4.69) is 26.8 Å². The summed E-state index contributed by atoms with van der Waals surface area (Å²) in [5.41, 5.74) is 2.25. The Kier molecular flexibility index (Phi) is 6.47. The van der Waals surface area contributed by atoms with Gasteiger partial charge in [0.05, 0.1) is 0 Å². The van der Waals surface area contributed by atoms with Crippen molar-refractivity contribution in [2.24, 2.45) is 40.9 Å². The number of unbranched alkanes of at least 4 members (excludes halogenated alkanes) is 1. The lowest BCUT2D eigenvalue weighted by Gasteiger charge is -2.54. The van der Waals surface area contributed by atoms with Gasteiger partial charge in [-0.2, -0.15) is 0 Å². The molecule has 0 aliphatic heterocycles. The topological polar surface area (TPSA) is 26.3 Å². The number of hydrogen-bond donors (Lipinski definition) is 0. The molecule has 0 aromatic carbocycles. The number of allylic oxidation sites excluding steroid dienone is 1. The van der Waals surface area contributed by atoms with Crippen LogP contribution in [-0.4, -0.2) is 12.1 Å². The molecule has 29 heavy (non-hydrogen) atoms. The van der Waals surface area contributed by atoms with Gasteiger partial charge >= 0.3 is 5.97 Å². The molecule has 7 atom stereocenters. The second-order valence-corrected chi connectivity index (χ2v) is 11.6. The quantitative estimate of drug-likeness (QED) is 0.265. The summed E-state index contributed by atoms with van der Waals surface area (Å²) in [5.74, 6) is 5.30. The zero-order valence-corrected chi connectivity index (χ0v) is 19.4. The molecule has 0 amide bonds. The molecule has 0 saturated heterocycles. The predicted molar refractivity (Wildman–Crippen MR) is 119 cm³/mol. The van der Waals surface area contributed by atoms with Crippen molar-refractivity contribution >= 4 is 5.97 Å². The molecule has 0 radical (unpaired) electrons. The van der Waals surface area contributed by atoms with Crippen LogP contribution in [-0.2, 0) is 9.53 Å². The minimum absolute atomic E-state index is 0.110. The molecule has 4 aliphatic carbocycles. The molecule has 3 fully saturated rings. The number of carbonyl (C=O) groups is 1. The highest BCUT2D eigenvalue weighted by Crippen LogP contribution is 2.64. The van der Waals surface area contributed by atoms with Crippen LogP contribution in [0.5, 0.6) is 0 Å². The van der Waals surface area contributed by atoms with E-state index in [1.165, 1.54) is 64.2 Å². The molecule has 2 heteroatoms. The van der Waals surface area contributed by atoms with Crippen molar-refractivity contribution in [1.29, 1.82) is 0 Å². The fourth-order valence-corrected chi connectivity index (χ4v) is 8.10. The van der Waals surface area contributed by atoms with Gasteiger partial charge in [0.25, 0.3) is 0 Å². The smallest absolute Gasteiger partial charge is 0.302 e. The second-order valence-electron chi connectivity index (χ2n) is 11.6. The van der Waals surface area contributed by atoms with E-state index in [0.29, 0.717) is 5.41 Å². The Morgan fingerprint density at radius 3 is 2.72 bits per heavy atom. The maximum absolute atomic E-state index is 11.4. The van der Waals surface area contributed by atoms with E-state index < -0.39 is 0 Å². The first kappa shape index (κ1) is 21.4. The molecule has 0 aromatic rings. The number of esters is 1. The summed E-state index contributed by atoms with van der Waals surface area (Å²) in [6.07, 6.45) is 19.0. The standard InChI is InChI=1S/C27H44O2/c1-18(2)7-5-6-8-21-10-14-26-25-12-9-20-17-22(29-19(3)28)11-13-23(20)24(25)15-16-27(21,26)4/h9,18,21-26H,5-8,10-17H2,1-4H3/t21?,22-,23?,24?,25?,26?,27+/m0/s1. The van der Waals surface area contributed by atoms with Crippen molar-refractivity contribution in [3.63, 3.8) is 0 Å². The minimum Gasteiger partial charge on any atom is -0.462 e. The molecule has 0 heterocycles. The summed E-state index contributed by atoms with van der Waals surface area (Å²) in [6, 6.07) is 0. The highest BCUT2D eigenvalue weighted by Gasteiger charge is 2.55. The van der Waals surface area contributed by atoms with Gasteiger partial charge in [-0.1, -0.05) is 51.7 Å². The zero-order valence-electron chi connectivity index (χ0n) is 19.4. The summed E-state index contributed by atoms with van der Waals surface area (Å²) >= 11 is 0. The average Bonchev–Trinajstić information content (AvgIpc) is 3.00. The fourth-order valence-electron chi connectivity index (χ4n) is 8.10. The van der Waals surface area contributed by atoms with Crippen molar-refractivity contribution in [3.05, 3.63) is 11.6 Å². The van der Waals surface area contributed by atoms with Crippen molar-refractivity contribution in [1.82, 2.24) is 0 Å². The van der Waals surface area contributed by atoms with Crippen molar-refractivity contribution in [2.75, 3.05) is 0 Å². The Morgan fingerprint density at radius 1 is 1.14 bits per heavy atom. The molecule has 5 unspecified atom stereocenters. The van der Waals surface area contributed by atoms with Crippen LogP contribution < -0.4 is 0 Å². The monoisotopic (exact) mass is 400 g/mol. The normalized spacial score (nSPS) is 41.3. The Bertz CT molecular complexity index is 620. The Labute approximate surface area is 179 Å². The number of rotatable bonds is 6. The molecule has 0 bridgehead atoms. The third-order valence-electron chi connectivity index (χ3n) is 9.51. The summed E-state index contributed by atoms with van der Waals surface area (Å²) in [7, 11) is 0. The molecule has 4 rings (SSSR count). The van der Waals surface area contributed by atoms with Crippen LogP contribution in [0.4, 0.5) is 0 Å². The van der Waals surface area contributed by atoms with E-state index in [0.717, 1.165) is 48.3 Å². The maximum Gasteiger partial charge on any atom is 0.302 e. The van der Waals surface area contributed by atoms with E-state index in [1.54, 1.807) is 12.5 Å². The van der Waals surface area contributed by atoms with Crippen molar-refractivity contribution in [3.8, 4) is 0 Å². The molecule has 0 N–H and O–H groups in total. The van der Waals surface area contributed by atoms with Crippen LogP contribution in [0, 0.1) is 40.9 Å². The Balaban J connectivity index is 1.39. The van der Waals surface area contributed by atoms with E-state index in [4.69, 9.17) is 4.74 Å². The van der Waals surface area contributed by atoms with Gasteiger partial charge in [-0.05, 0) is 92.3 Å². The number of hydrogen-bond acceptors (Lipinski definition) is 2. The first-order chi connectivity index (χ1) is 13.9. The SMILES string of the molecule is CC(=O)O[C@H]1CCC2C(=CCC3C2CC[C@]2(C)C(CCCCC(C)C)CCC32)C1. The maximum atomic E-state index is 11.4. The number of ether oxygens (including phenoxy) is 1. The van der Waals surface area contributed by atoms with E-state index in [9.17, 15) is 4.79 Å². The fraction of sp³-hybridized carbons (Fsp3) is 0.889. The number of carbonyl (C=O) groups excluding carboxylic acids is 1. The third kappa shape index (κ3) is 4.33. The van der Waals surface area contributed by atoms with Crippen molar-refractivity contribution in [2.45, 2.75) is 111 Å². The Hall–Kier alpha value is -0.790. The largest absolute Gasteiger partial charge is 0.462 e. The summed E-state index contributed by atoms with van der Waals surface area (Å²) in [4.78, 5) is 11.4. The Morgan fingerprint density at radius 2 is 1.97 bits per heavy atom. The van der Waals surface area contributed by atoms with E-state index >= 15 is 0 Å². The lowest BCUT2D eigenvalue weighted by Crippen LogP contribution is -2.46. The highest BCUT2D eigenvalue weighted by molar-refractivity contribution is 5.66. The second kappa shape index (κ2) is 8.75. The van der Waals surface area contributed by atoms with Gasteiger partial charge in [-0.15, -0.1) is 0 Å². The predicted octanol–water partition coefficient (Wildman–Crippen LogP) is 7.32. The molecule has 3 saturated carbocycles. The lowest BCUT2D eigenvalue weighted by atomic mass is 9.51. The van der Waals surface area contributed by atoms with E-state index in [-0.39, 0.29) is 12.1 Å². The van der Waals surface area contributed by atoms with Crippen LogP contribution in [0.3, 0.4) is 0 Å². The van der Waals surface area contributed by atoms with Crippen LogP contribution in [0.1, 0.15) is 105 Å². The average molecular weight is 401 g/mol. The number of fused-ring (bicyclic) bond motifs is 5. The third-order valence-corrected chi connectivity index (χ3v) is 9.51. The molecule has 0 spiro atoms. The van der Waals surface area contributed by atoms with Crippen LogP contribution in [0.25, 0.3) is 0 Å². The molecule has 0 aromatic heterocycles.